The Hall–Kier alpha value is -0.0800. The Bertz CT molecular complexity index is 219. The Morgan fingerprint density at radius 2 is 1.61 bits per heavy atom. The van der Waals surface area contributed by atoms with E-state index >= 15 is 0 Å². The van der Waals surface area contributed by atoms with Crippen LogP contribution in [-0.2, 0) is 0 Å². The summed E-state index contributed by atoms with van der Waals surface area (Å²) >= 11 is 0. The lowest BCUT2D eigenvalue weighted by atomic mass is 9.80. The number of nitrogens with two attached hydrogens (primary N) is 1. The molecule has 1 rings (SSSR count). The second-order valence-electron chi connectivity index (χ2n) is 6.28. The highest BCUT2D eigenvalue weighted by Crippen LogP contribution is 2.30. The summed E-state index contributed by atoms with van der Waals surface area (Å²) in [6, 6.07) is 0.325. The molecular formula is C16H34N2. The van der Waals surface area contributed by atoms with Gasteiger partial charge in [0.05, 0.1) is 0 Å². The van der Waals surface area contributed by atoms with E-state index in [0.717, 1.165) is 5.92 Å². The van der Waals surface area contributed by atoms with Gasteiger partial charge in [-0.3, -0.25) is 4.90 Å². The molecule has 2 heteroatoms. The van der Waals surface area contributed by atoms with E-state index in [-0.39, 0.29) is 5.54 Å². The molecule has 2 nitrogen and oxygen atoms in total. The largest absolute Gasteiger partial charge is 0.326 e. The molecule has 2 N–H and O–H groups in total. The number of nitrogens with zero attached hydrogens (tertiary/aromatic N) is 1. The third kappa shape index (κ3) is 3.71. The van der Waals surface area contributed by atoms with E-state index in [2.05, 4.69) is 32.6 Å². The minimum atomic E-state index is 0.211. The van der Waals surface area contributed by atoms with E-state index in [9.17, 15) is 0 Å². The van der Waals surface area contributed by atoms with Crippen molar-refractivity contribution in [3.05, 3.63) is 0 Å². The van der Waals surface area contributed by atoms with Crippen molar-refractivity contribution in [3.63, 3.8) is 0 Å². The minimum absolute atomic E-state index is 0.211. The molecule has 0 aromatic carbocycles. The first kappa shape index (κ1) is 16.0. The van der Waals surface area contributed by atoms with Gasteiger partial charge in [0.25, 0.3) is 0 Å². The lowest BCUT2D eigenvalue weighted by molar-refractivity contribution is 0.0469. The van der Waals surface area contributed by atoms with Crippen LogP contribution in [0.25, 0.3) is 0 Å². The van der Waals surface area contributed by atoms with Gasteiger partial charge in [-0.2, -0.15) is 0 Å². The van der Waals surface area contributed by atoms with Crippen LogP contribution in [0, 0.1) is 5.92 Å². The molecule has 0 aliphatic carbocycles. The highest BCUT2D eigenvalue weighted by molar-refractivity contribution is 4.96. The molecule has 0 aromatic heterocycles. The second kappa shape index (κ2) is 7.49. The van der Waals surface area contributed by atoms with Crippen LogP contribution >= 0.6 is 0 Å². The molecule has 0 spiro atoms. The Kier molecular flexibility index (Phi) is 6.65. The zero-order valence-electron chi connectivity index (χ0n) is 13.0. The zero-order chi connectivity index (χ0) is 13.6. The Balaban J connectivity index is 2.66. The molecule has 2 atom stereocenters. The first-order chi connectivity index (χ1) is 8.58. The summed E-state index contributed by atoms with van der Waals surface area (Å²) in [5.41, 5.74) is 6.82. The fraction of sp³-hybridized carbons (Fsp3) is 1.00. The van der Waals surface area contributed by atoms with Crippen molar-refractivity contribution in [2.24, 2.45) is 11.7 Å². The Labute approximate surface area is 114 Å². The fourth-order valence-corrected chi connectivity index (χ4v) is 3.36. The molecule has 108 valence electrons. The van der Waals surface area contributed by atoms with Crippen LogP contribution in [0.2, 0.25) is 0 Å². The van der Waals surface area contributed by atoms with Crippen molar-refractivity contribution in [1.82, 2.24) is 4.90 Å². The van der Waals surface area contributed by atoms with Crippen molar-refractivity contribution >= 4 is 0 Å². The summed E-state index contributed by atoms with van der Waals surface area (Å²) in [6.45, 7) is 11.8. The maximum atomic E-state index is 6.60. The molecule has 1 heterocycles. The Morgan fingerprint density at radius 3 is 2.06 bits per heavy atom. The Morgan fingerprint density at radius 1 is 1.06 bits per heavy atom. The highest BCUT2D eigenvalue weighted by Gasteiger charge is 2.37. The van der Waals surface area contributed by atoms with Crippen LogP contribution < -0.4 is 5.73 Å². The molecule has 0 saturated carbocycles. The topological polar surface area (TPSA) is 29.3 Å². The first-order valence-electron chi connectivity index (χ1n) is 8.09. The summed E-state index contributed by atoms with van der Waals surface area (Å²) in [5, 5.41) is 0. The van der Waals surface area contributed by atoms with E-state index < -0.39 is 0 Å². The lowest BCUT2D eigenvalue weighted by Gasteiger charge is -2.47. The number of hydrogen-bond acceptors (Lipinski definition) is 2. The van der Waals surface area contributed by atoms with Crippen LogP contribution in [0.4, 0.5) is 0 Å². The summed E-state index contributed by atoms with van der Waals surface area (Å²) in [7, 11) is 0. The van der Waals surface area contributed by atoms with E-state index in [1.54, 1.807) is 0 Å². The van der Waals surface area contributed by atoms with Crippen molar-refractivity contribution in [1.29, 1.82) is 0 Å². The van der Waals surface area contributed by atoms with Crippen LogP contribution in [0.15, 0.2) is 0 Å². The second-order valence-corrected chi connectivity index (χ2v) is 6.28. The standard InChI is InChI=1S/C16H34N2/c1-5-14(6-2)13-15(17)16(4,7-3)18-11-9-8-10-12-18/h14-15H,5-13,17H2,1-4H3. The van der Waals surface area contributed by atoms with Crippen LogP contribution in [0.3, 0.4) is 0 Å². The van der Waals surface area contributed by atoms with Crippen LogP contribution in [0.5, 0.6) is 0 Å². The molecule has 18 heavy (non-hydrogen) atoms. The van der Waals surface area contributed by atoms with Crippen molar-refractivity contribution in [2.45, 2.75) is 84.2 Å². The predicted octanol–water partition coefficient (Wildman–Crippen LogP) is 3.79. The molecule has 1 fully saturated rings. The van der Waals surface area contributed by atoms with Gasteiger partial charge in [-0.05, 0) is 51.6 Å². The molecule has 2 unspecified atom stereocenters. The van der Waals surface area contributed by atoms with Gasteiger partial charge in [0.2, 0.25) is 0 Å². The molecule has 0 bridgehead atoms. The van der Waals surface area contributed by atoms with Gasteiger partial charge in [0, 0.05) is 11.6 Å². The summed E-state index contributed by atoms with van der Waals surface area (Å²) in [5.74, 6) is 0.802. The number of hydrogen-bond donors (Lipinski definition) is 1. The average molecular weight is 254 g/mol. The van der Waals surface area contributed by atoms with E-state index in [0.29, 0.717) is 6.04 Å². The van der Waals surface area contributed by atoms with Gasteiger partial charge in [0.1, 0.15) is 0 Å². The van der Waals surface area contributed by atoms with Gasteiger partial charge in [-0.25, -0.2) is 0 Å². The van der Waals surface area contributed by atoms with E-state index in [1.165, 1.54) is 58.0 Å². The fourth-order valence-electron chi connectivity index (χ4n) is 3.36. The average Bonchev–Trinajstić information content (AvgIpc) is 2.44. The predicted molar refractivity (Wildman–Crippen MR) is 80.8 cm³/mol. The maximum Gasteiger partial charge on any atom is 0.0329 e. The molecule has 1 aliphatic rings. The maximum absolute atomic E-state index is 6.60. The third-order valence-electron chi connectivity index (χ3n) is 5.34. The molecule has 1 saturated heterocycles. The first-order valence-corrected chi connectivity index (χ1v) is 8.09. The van der Waals surface area contributed by atoms with Gasteiger partial charge < -0.3 is 5.73 Å². The smallest absolute Gasteiger partial charge is 0.0329 e. The van der Waals surface area contributed by atoms with E-state index in [4.69, 9.17) is 5.73 Å². The van der Waals surface area contributed by atoms with Crippen LogP contribution in [-0.4, -0.2) is 29.6 Å². The molecule has 0 amide bonds. The SMILES string of the molecule is CCC(CC)CC(N)C(C)(CC)N1CCCCC1. The number of piperidine rings is 1. The number of likely N-dealkylation sites (tertiary alicyclic amines) is 1. The quantitative estimate of drug-likeness (QED) is 0.749. The third-order valence-corrected chi connectivity index (χ3v) is 5.34. The summed E-state index contributed by atoms with van der Waals surface area (Å²) in [6.07, 6.45) is 9.01. The van der Waals surface area contributed by atoms with Crippen molar-refractivity contribution in [3.8, 4) is 0 Å². The monoisotopic (exact) mass is 254 g/mol. The molecular weight excluding hydrogens is 220 g/mol. The van der Waals surface area contributed by atoms with Gasteiger partial charge >= 0.3 is 0 Å². The van der Waals surface area contributed by atoms with Crippen molar-refractivity contribution < 1.29 is 0 Å². The number of rotatable bonds is 7. The summed E-state index contributed by atoms with van der Waals surface area (Å²) in [4.78, 5) is 2.67. The normalized spacial score (nSPS) is 23.0. The minimum Gasteiger partial charge on any atom is -0.326 e. The molecule has 1 aliphatic heterocycles. The highest BCUT2D eigenvalue weighted by atomic mass is 15.2. The van der Waals surface area contributed by atoms with Crippen molar-refractivity contribution in [2.75, 3.05) is 13.1 Å². The summed E-state index contributed by atoms with van der Waals surface area (Å²) < 4.78 is 0. The van der Waals surface area contributed by atoms with Gasteiger partial charge in [-0.15, -0.1) is 0 Å². The molecule has 0 aromatic rings. The molecule has 0 radical (unpaired) electrons. The van der Waals surface area contributed by atoms with Gasteiger partial charge in [-0.1, -0.05) is 40.0 Å². The lowest BCUT2D eigenvalue weighted by Crippen LogP contribution is -2.59. The zero-order valence-corrected chi connectivity index (χ0v) is 13.0. The van der Waals surface area contributed by atoms with Crippen LogP contribution in [0.1, 0.15) is 72.6 Å². The van der Waals surface area contributed by atoms with E-state index in [1.807, 2.05) is 0 Å². The van der Waals surface area contributed by atoms with Gasteiger partial charge in [0.15, 0.2) is 0 Å².